The molecule has 2 aromatic rings. The standard InChI is InChI=1S/C22H29N3O5S2/c1-16-10-12-19(13-11-16)32(27,28)25-20(21(26)30-3)9-4-5-14-23-22(31)24-17-7-6-8-18(15-17)29-2/h6-8,10-13,15,20,25H,4-5,9,14H2,1-3H3,(H2,23,24,31). The number of aryl methyl sites for hydroxylation is 1. The highest BCUT2D eigenvalue weighted by atomic mass is 32.2. The number of carbonyl (C=O) groups excluding carboxylic acids is 1. The fraction of sp³-hybridized carbons (Fsp3) is 0.364. The molecule has 8 nitrogen and oxygen atoms in total. The number of esters is 1. The molecule has 10 heteroatoms. The summed E-state index contributed by atoms with van der Waals surface area (Å²) in [5.41, 5.74) is 1.75. The van der Waals surface area contributed by atoms with Crippen LogP contribution in [0.1, 0.15) is 24.8 Å². The molecule has 2 aromatic carbocycles. The van der Waals surface area contributed by atoms with Crippen LogP contribution in [0, 0.1) is 6.92 Å². The van der Waals surface area contributed by atoms with Crippen LogP contribution in [-0.2, 0) is 19.6 Å². The Bertz CT molecular complexity index is 1010. The van der Waals surface area contributed by atoms with Crippen molar-refractivity contribution in [3.63, 3.8) is 0 Å². The van der Waals surface area contributed by atoms with Crippen molar-refractivity contribution in [3.8, 4) is 5.75 Å². The lowest BCUT2D eigenvalue weighted by atomic mass is 10.1. The molecule has 0 aliphatic carbocycles. The first kappa shape index (κ1) is 25.6. The zero-order valence-corrected chi connectivity index (χ0v) is 20.0. The van der Waals surface area contributed by atoms with E-state index in [-0.39, 0.29) is 4.90 Å². The van der Waals surface area contributed by atoms with Gasteiger partial charge in [0.2, 0.25) is 10.0 Å². The highest BCUT2D eigenvalue weighted by Crippen LogP contribution is 2.16. The van der Waals surface area contributed by atoms with E-state index >= 15 is 0 Å². The maximum Gasteiger partial charge on any atom is 0.323 e. The van der Waals surface area contributed by atoms with Crippen molar-refractivity contribution < 1.29 is 22.7 Å². The molecule has 0 radical (unpaired) electrons. The molecule has 32 heavy (non-hydrogen) atoms. The fourth-order valence-electron chi connectivity index (χ4n) is 2.89. The first-order valence-electron chi connectivity index (χ1n) is 10.1. The number of thiocarbonyl (C=S) groups is 1. The van der Waals surface area contributed by atoms with Gasteiger partial charge in [0.1, 0.15) is 11.8 Å². The first-order valence-corrected chi connectivity index (χ1v) is 12.0. The van der Waals surface area contributed by atoms with E-state index in [0.717, 1.165) is 17.0 Å². The minimum atomic E-state index is -3.84. The van der Waals surface area contributed by atoms with Crippen molar-refractivity contribution in [1.29, 1.82) is 0 Å². The van der Waals surface area contributed by atoms with E-state index in [1.54, 1.807) is 19.2 Å². The Morgan fingerprint density at radius 1 is 1.09 bits per heavy atom. The number of hydrogen-bond donors (Lipinski definition) is 3. The average Bonchev–Trinajstić information content (AvgIpc) is 2.77. The zero-order valence-electron chi connectivity index (χ0n) is 18.4. The average molecular weight is 480 g/mol. The normalized spacial score (nSPS) is 12.0. The van der Waals surface area contributed by atoms with Crippen molar-refractivity contribution in [1.82, 2.24) is 10.0 Å². The second kappa shape index (κ2) is 12.4. The first-order chi connectivity index (χ1) is 15.2. The van der Waals surface area contributed by atoms with Gasteiger partial charge >= 0.3 is 5.97 Å². The Balaban J connectivity index is 1.81. The molecule has 0 amide bonds. The summed E-state index contributed by atoms with van der Waals surface area (Å²) in [6.07, 6.45) is 1.57. The fourth-order valence-corrected chi connectivity index (χ4v) is 4.33. The third-order valence-corrected chi connectivity index (χ3v) is 6.38. The summed E-state index contributed by atoms with van der Waals surface area (Å²) >= 11 is 5.28. The molecule has 0 aliphatic heterocycles. The van der Waals surface area contributed by atoms with E-state index in [1.165, 1.54) is 19.2 Å². The SMILES string of the molecule is COC(=O)C(CCCCNC(=S)Nc1cccc(OC)c1)NS(=O)(=O)c1ccc(C)cc1. The predicted molar refractivity (Wildman–Crippen MR) is 128 cm³/mol. The smallest absolute Gasteiger partial charge is 0.323 e. The van der Waals surface area contributed by atoms with Crippen molar-refractivity contribution in [2.45, 2.75) is 37.1 Å². The summed E-state index contributed by atoms with van der Waals surface area (Å²) in [5, 5.41) is 6.62. The van der Waals surface area contributed by atoms with Gasteiger partial charge in [0.15, 0.2) is 5.11 Å². The third-order valence-electron chi connectivity index (χ3n) is 4.65. The van der Waals surface area contributed by atoms with Crippen LogP contribution in [0.2, 0.25) is 0 Å². The van der Waals surface area contributed by atoms with E-state index < -0.39 is 22.0 Å². The summed E-state index contributed by atoms with van der Waals surface area (Å²) < 4.78 is 37.6. The Kier molecular flexibility index (Phi) is 9.89. The molecule has 1 atom stereocenters. The van der Waals surface area contributed by atoms with E-state index in [1.807, 2.05) is 31.2 Å². The number of nitrogens with one attached hydrogen (secondary N) is 3. The summed E-state index contributed by atoms with van der Waals surface area (Å²) in [7, 11) is -1.00. The lowest BCUT2D eigenvalue weighted by Gasteiger charge is -2.17. The van der Waals surface area contributed by atoms with E-state index in [0.29, 0.717) is 30.9 Å². The van der Waals surface area contributed by atoms with Crippen LogP contribution in [0.15, 0.2) is 53.4 Å². The number of benzene rings is 2. The van der Waals surface area contributed by atoms with Gasteiger partial charge < -0.3 is 20.1 Å². The number of sulfonamides is 1. The van der Waals surface area contributed by atoms with E-state index in [4.69, 9.17) is 21.7 Å². The number of methoxy groups -OCH3 is 2. The van der Waals surface area contributed by atoms with Crippen molar-refractivity contribution in [2.24, 2.45) is 0 Å². The number of rotatable bonds is 11. The number of unbranched alkanes of at least 4 members (excludes halogenated alkanes) is 1. The van der Waals surface area contributed by atoms with Gasteiger partial charge in [0, 0.05) is 18.3 Å². The molecule has 0 saturated carbocycles. The molecular weight excluding hydrogens is 450 g/mol. The molecule has 0 heterocycles. The quantitative estimate of drug-likeness (QED) is 0.257. The molecule has 0 fully saturated rings. The molecule has 1 unspecified atom stereocenters. The van der Waals surface area contributed by atoms with Crippen LogP contribution in [0.25, 0.3) is 0 Å². The van der Waals surface area contributed by atoms with Crippen LogP contribution in [0.3, 0.4) is 0 Å². The second-order valence-electron chi connectivity index (χ2n) is 7.12. The zero-order chi connectivity index (χ0) is 23.6. The lowest BCUT2D eigenvalue weighted by Crippen LogP contribution is -2.41. The molecule has 0 aliphatic rings. The monoisotopic (exact) mass is 479 g/mol. The molecule has 0 aromatic heterocycles. The maximum absolute atomic E-state index is 12.6. The van der Waals surface area contributed by atoms with E-state index in [9.17, 15) is 13.2 Å². The molecule has 3 N–H and O–H groups in total. The van der Waals surface area contributed by atoms with Crippen LogP contribution >= 0.6 is 12.2 Å². The van der Waals surface area contributed by atoms with Gasteiger partial charge in [-0.25, -0.2) is 8.42 Å². The Labute approximate surface area is 194 Å². The van der Waals surface area contributed by atoms with Gasteiger partial charge in [-0.3, -0.25) is 4.79 Å². The molecule has 0 spiro atoms. The molecule has 0 bridgehead atoms. The minimum absolute atomic E-state index is 0.104. The Morgan fingerprint density at radius 2 is 1.81 bits per heavy atom. The number of carbonyl (C=O) groups is 1. The van der Waals surface area contributed by atoms with Gasteiger partial charge in [-0.1, -0.05) is 23.8 Å². The molecule has 0 saturated heterocycles. The molecule has 2 rings (SSSR count). The molecule has 174 valence electrons. The van der Waals surface area contributed by atoms with Gasteiger partial charge in [-0.05, 0) is 62.7 Å². The second-order valence-corrected chi connectivity index (χ2v) is 9.24. The number of hydrogen-bond acceptors (Lipinski definition) is 6. The summed E-state index contributed by atoms with van der Waals surface area (Å²) in [4.78, 5) is 12.2. The van der Waals surface area contributed by atoms with Gasteiger partial charge in [-0.15, -0.1) is 0 Å². The third kappa shape index (κ3) is 8.10. The van der Waals surface area contributed by atoms with Crippen LogP contribution in [-0.4, -0.2) is 46.3 Å². The summed E-state index contributed by atoms with van der Waals surface area (Å²) in [6.45, 7) is 2.43. The number of anilines is 1. The number of ether oxygens (including phenoxy) is 2. The topological polar surface area (TPSA) is 106 Å². The largest absolute Gasteiger partial charge is 0.497 e. The van der Waals surface area contributed by atoms with Crippen molar-refractivity contribution in [3.05, 3.63) is 54.1 Å². The minimum Gasteiger partial charge on any atom is -0.497 e. The predicted octanol–water partition coefficient (Wildman–Crippen LogP) is 2.98. The van der Waals surface area contributed by atoms with Crippen LogP contribution < -0.4 is 20.1 Å². The van der Waals surface area contributed by atoms with Crippen molar-refractivity contribution in [2.75, 3.05) is 26.1 Å². The molecular formula is C22H29N3O5S2. The highest BCUT2D eigenvalue weighted by molar-refractivity contribution is 7.89. The van der Waals surface area contributed by atoms with Crippen LogP contribution in [0.4, 0.5) is 5.69 Å². The van der Waals surface area contributed by atoms with Gasteiger partial charge in [-0.2, -0.15) is 4.72 Å². The van der Waals surface area contributed by atoms with E-state index in [2.05, 4.69) is 15.4 Å². The van der Waals surface area contributed by atoms with Crippen molar-refractivity contribution >= 4 is 39.0 Å². The maximum atomic E-state index is 12.6. The summed E-state index contributed by atoms with van der Waals surface area (Å²) in [5.74, 6) is 0.101. The Morgan fingerprint density at radius 3 is 2.47 bits per heavy atom. The van der Waals surface area contributed by atoms with Gasteiger partial charge in [0.05, 0.1) is 19.1 Å². The lowest BCUT2D eigenvalue weighted by molar-refractivity contribution is -0.142. The Hall–Kier alpha value is -2.69. The summed E-state index contributed by atoms with van der Waals surface area (Å²) in [6, 6.07) is 12.9. The highest BCUT2D eigenvalue weighted by Gasteiger charge is 2.26. The van der Waals surface area contributed by atoms with Gasteiger partial charge in [0.25, 0.3) is 0 Å². The van der Waals surface area contributed by atoms with Crippen LogP contribution in [0.5, 0.6) is 5.75 Å².